The number of benzene rings is 2. The number of aromatic nitrogens is 2. The first kappa shape index (κ1) is 30.4. The van der Waals surface area contributed by atoms with Crippen LogP contribution in [-0.4, -0.2) is 49.7 Å². The van der Waals surface area contributed by atoms with Crippen LogP contribution in [0.5, 0.6) is 0 Å². The molecule has 2 amide bonds. The number of carbonyl (C=O) groups excluding carboxylic acids is 2. The van der Waals surface area contributed by atoms with Gasteiger partial charge in [0.15, 0.2) is 5.82 Å². The van der Waals surface area contributed by atoms with Crippen LogP contribution >= 0.6 is 0 Å². The van der Waals surface area contributed by atoms with Gasteiger partial charge >= 0.3 is 0 Å². The van der Waals surface area contributed by atoms with Crippen LogP contribution < -0.4 is 11.1 Å². The molecule has 0 spiro atoms. The van der Waals surface area contributed by atoms with Crippen LogP contribution in [-0.2, 0) is 15.1 Å². The molecule has 0 saturated heterocycles. The molecule has 3 aliphatic rings. The van der Waals surface area contributed by atoms with E-state index in [0.29, 0.717) is 36.9 Å². The lowest BCUT2D eigenvalue weighted by Crippen LogP contribution is -2.58. The fourth-order valence-corrected chi connectivity index (χ4v) is 7.46. The highest BCUT2D eigenvalue weighted by Crippen LogP contribution is 2.46. The van der Waals surface area contributed by atoms with Crippen LogP contribution in [0.15, 0.2) is 60.7 Å². The molecule has 0 unspecified atom stereocenters. The average molecular weight is 596 g/mol. The van der Waals surface area contributed by atoms with Gasteiger partial charge in [-0.1, -0.05) is 54.6 Å². The fourth-order valence-electron chi connectivity index (χ4n) is 7.46. The topological polar surface area (TPSA) is 121 Å². The van der Waals surface area contributed by atoms with Crippen LogP contribution in [0, 0.1) is 11.8 Å². The van der Waals surface area contributed by atoms with Crippen molar-refractivity contribution in [2.45, 2.75) is 102 Å². The summed E-state index contributed by atoms with van der Waals surface area (Å²) in [5.41, 5.74) is 9.80. The van der Waals surface area contributed by atoms with E-state index < -0.39 is 11.1 Å². The molecule has 3 fully saturated rings. The van der Waals surface area contributed by atoms with Gasteiger partial charge < -0.3 is 21.1 Å². The van der Waals surface area contributed by atoms with Crippen molar-refractivity contribution in [3.05, 3.63) is 66.2 Å². The summed E-state index contributed by atoms with van der Waals surface area (Å²) in [4.78, 5) is 28.2. The Balaban J connectivity index is 1.12. The van der Waals surface area contributed by atoms with E-state index in [2.05, 4.69) is 34.3 Å². The molecule has 0 bridgehead atoms. The number of nitrogens with zero attached hydrogens (tertiary/aromatic N) is 3. The maximum atomic E-state index is 13.2. The smallest absolute Gasteiger partial charge is 0.226 e. The predicted molar refractivity (Wildman–Crippen MR) is 172 cm³/mol. The van der Waals surface area contributed by atoms with Gasteiger partial charge in [-0.2, -0.15) is 0 Å². The quantitative estimate of drug-likeness (QED) is 0.277. The normalized spacial score (nSPS) is 26.6. The monoisotopic (exact) mass is 595 g/mol. The number of nitrogens with one attached hydrogen (secondary N) is 1. The zero-order valence-corrected chi connectivity index (χ0v) is 26.1. The van der Waals surface area contributed by atoms with Crippen molar-refractivity contribution in [2.24, 2.45) is 17.6 Å². The molecule has 4 N–H and O–H groups in total. The van der Waals surface area contributed by atoms with Gasteiger partial charge in [0, 0.05) is 41.1 Å². The van der Waals surface area contributed by atoms with E-state index in [-0.39, 0.29) is 23.9 Å². The van der Waals surface area contributed by atoms with Gasteiger partial charge in [-0.25, -0.2) is 0 Å². The van der Waals surface area contributed by atoms with E-state index in [9.17, 15) is 14.7 Å². The van der Waals surface area contributed by atoms with E-state index in [4.69, 9.17) is 5.73 Å². The zero-order valence-electron chi connectivity index (χ0n) is 26.1. The molecular weight excluding hydrogens is 550 g/mol. The molecule has 2 aromatic carbocycles. The van der Waals surface area contributed by atoms with Crippen LogP contribution in [0.3, 0.4) is 0 Å². The Morgan fingerprint density at radius 3 is 2.20 bits per heavy atom. The van der Waals surface area contributed by atoms with Gasteiger partial charge in [-0.15, -0.1) is 10.2 Å². The third kappa shape index (κ3) is 6.57. The summed E-state index contributed by atoms with van der Waals surface area (Å²) < 4.78 is 0. The molecule has 44 heavy (non-hydrogen) atoms. The van der Waals surface area contributed by atoms with Crippen molar-refractivity contribution in [3.63, 3.8) is 0 Å². The first-order chi connectivity index (χ1) is 21.0. The summed E-state index contributed by atoms with van der Waals surface area (Å²) in [6, 6.07) is 20.4. The maximum Gasteiger partial charge on any atom is 0.226 e. The summed E-state index contributed by atoms with van der Waals surface area (Å²) in [5, 5.41) is 22.2. The molecule has 1 heterocycles. The largest absolute Gasteiger partial charge is 0.390 e. The third-order valence-corrected chi connectivity index (χ3v) is 9.69. The number of nitrogens with two attached hydrogens (primary N) is 1. The number of rotatable bonds is 9. The van der Waals surface area contributed by atoms with Crippen molar-refractivity contribution < 1.29 is 14.7 Å². The Morgan fingerprint density at radius 2 is 1.61 bits per heavy atom. The molecule has 8 heteroatoms. The lowest BCUT2D eigenvalue weighted by molar-refractivity contribution is -0.138. The van der Waals surface area contributed by atoms with Crippen LogP contribution in [0.1, 0.15) is 84.1 Å². The molecule has 1 aromatic heterocycles. The molecule has 8 nitrogen and oxygen atoms in total. The first-order valence-electron chi connectivity index (χ1n) is 16.2. The number of aliphatic hydroxyl groups is 1. The zero-order chi connectivity index (χ0) is 31.1. The second-order valence-electron chi connectivity index (χ2n) is 14.0. The minimum absolute atomic E-state index is 0.0572. The molecule has 232 valence electrons. The average Bonchev–Trinajstić information content (AvgIpc) is 3.83. The Hall–Kier alpha value is -3.62. The summed E-state index contributed by atoms with van der Waals surface area (Å²) in [6.45, 7) is 6.04. The SMILES string of the molecule is CC(C)N(C(=O)C1CC1)C1CCC(CC(=O)Nc2cc(-c3ccccc3)c(-c3ccc([C@]4(N)C[C@](C)(O)C4)cc3)nn2)CC1. The minimum Gasteiger partial charge on any atom is -0.390 e. The van der Waals surface area contributed by atoms with Gasteiger partial charge in [0.2, 0.25) is 11.8 Å². The maximum absolute atomic E-state index is 13.2. The highest BCUT2D eigenvalue weighted by atomic mass is 16.3. The van der Waals surface area contributed by atoms with Gasteiger partial charge in [-0.3, -0.25) is 9.59 Å². The summed E-state index contributed by atoms with van der Waals surface area (Å²) >= 11 is 0. The predicted octanol–water partition coefficient (Wildman–Crippen LogP) is 6.04. The summed E-state index contributed by atoms with van der Waals surface area (Å²) in [6.07, 6.45) is 7.33. The third-order valence-electron chi connectivity index (χ3n) is 9.69. The van der Waals surface area contributed by atoms with Gasteiger partial charge in [0.25, 0.3) is 0 Å². The number of anilines is 1. The standard InChI is InChI=1S/C36H45N5O3/c1-23(2)41(34(43)27-11-12-27)29-17-9-24(10-18-29)19-32(42)38-31-20-30(25-7-5-4-6-8-25)33(40-39-31)26-13-15-28(16-14-26)36(37)21-35(3,44)22-36/h4-8,13-16,20,23-24,27,29,44H,9-12,17-19,21-22,37H2,1-3H3,(H,38,39,42)/t24?,29?,35-,36-. The Kier molecular flexibility index (Phi) is 8.33. The molecule has 6 rings (SSSR count). The summed E-state index contributed by atoms with van der Waals surface area (Å²) in [7, 11) is 0. The first-order valence-corrected chi connectivity index (χ1v) is 16.2. The lowest BCUT2D eigenvalue weighted by Gasteiger charge is -2.49. The van der Waals surface area contributed by atoms with E-state index in [0.717, 1.165) is 66.5 Å². The van der Waals surface area contributed by atoms with E-state index in [1.807, 2.05) is 67.6 Å². The minimum atomic E-state index is -0.718. The lowest BCUT2D eigenvalue weighted by atomic mass is 9.63. The van der Waals surface area contributed by atoms with Gasteiger partial charge in [0.1, 0.15) is 5.69 Å². The number of hydrogen-bond acceptors (Lipinski definition) is 6. The number of amides is 2. The van der Waals surface area contributed by atoms with Gasteiger partial charge in [0.05, 0.1) is 5.60 Å². The van der Waals surface area contributed by atoms with Crippen molar-refractivity contribution in [2.75, 3.05) is 5.32 Å². The van der Waals surface area contributed by atoms with E-state index >= 15 is 0 Å². The van der Waals surface area contributed by atoms with Crippen molar-refractivity contribution in [3.8, 4) is 22.4 Å². The van der Waals surface area contributed by atoms with Crippen LogP contribution in [0.4, 0.5) is 5.82 Å². The van der Waals surface area contributed by atoms with Gasteiger partial charge in [-0.05, 0) is 95.2 Å². The molecule has 3 saturated carbocycles. The van der Waals surface area contributed by atoms with Crippen molar-refractivity contribution in [1.82, 2.24) is 15.1 Å². The molecule has 3 aromatic rings. The number of carbonyl (C=O) groups is 2. The second kappa shape index (κ2) is 12.1. The Bertz CT molecular complexity index is 1480. The van der Waals surface area contributed by atoms with E-state index in [1.165, 1.54) is 0 Å². The van der Waals surface area contributed by atoms with E-state index in [1.54, 1.807) is 0 Å². The Labute approximate surface area is 260 Å². The second-order valence-corrected chi connectivity index (χ2v) is 14.0. The molecular formula is C36H45N5O3. The molecule has 0 radical (unpaired) electrons. The highest BCUT2D eigenvalue weighted by Gasteiger charge is 2.49. The van der Waals surface area contributed by atoms with Crippen LogP contribution in [0.25, 0.3) is 22.4 Å². The molecule has 0 atom stereocenters. The fraction of sp³-hybridized carbons (Fsp3) is 0.500. The Morgan fingerprint density at radius 1 is 0.955 bits per heavy atom. The van der Waals surface area contributed by atoms with Crippen molar-refractivity contribution >= 4 is 17.6 Å². The van der Waals surface area contributed by atoms with Crippen molar-refractivity contribution in [1.29, 1.82) is 0 Å². The number of hydrogen-bond donors (Lipinski definition) is 3. The molecule has 0 aliphatic heterocycles. The molecule has 3 aliphatic carbocycles. The summed E-state index contributed by atoms with van der Waals surface area (Å²) in [5.74, 6) is 1.22. The van der Waals surface area contributed by atoms with Crippen LogP contribution in [0.2, 0.25) is 0 Å². The highest BCUT2D eigenvalue weighted by molar-refractivity contribution is 5.91.